The average molecular weight is 565 g/mol. The highest BCUT2D eigenvalue weighted by Gasteiger charge is 2.59. The number of rotatable bonds is 10. The van der Waals surface area contributed by atoms with Crippen molar-refractivity contribution in [3.63, 3.8) is 0 Å². The molecule has 0 N–H and O–H groups in total. The van der Waals surface area contributed by atoms with E-state index < -0.39 is 0 Å². The molecule has 0 bridgehead atoms. The number of hydrogen-bond donors (Lipinski definition) is 0. The van der Waals surface area contributed by atoms with E-state index in [1.165, 1.54) is 57.8 Å². The second kappa shape index (κ2) is 12.6. The summed E-state index contributed by atoms with van der Waals surface area (Å²) in [7, 11) is 0. The van der Waals surface area contributed by atoms with Crippen molar-refractivity contribution in [2.45, 2.75) is 130 Å². The summed E-state index contributed by atoms with van der Waals surface area (Å²) in [5, 5.41) is 0.607. The van der Waals surface area contributed by atoms with E-state index in [2.05, 4.69) is 47.6 Å². The van der Waals surface area contributed by atoms with Crippen LogP contribution in [0.4, 0.5) is 0 Å². The van der Waals surface area contributed by atoms with Gasteiger partial charge in [-0.1, -0.05) is 102 Å². The van der Waals surface area contributed by atoms with Gasteiger partial charge in [0.2, 0.25) is 5.12 Å². The molecule has 3 saturated carbocycles. The number of allylic oxidation sites excluding steroid dienone is 2. The highest BCUT2D eigenvalue weighted by atomic mass is 32.2. The van der Waals surface area contributed by atoms with Gasteiger partial charge in [-0.25, -0.2) is 0 Å². The Balaban J connectivity index is 1.22. The van der Waals surface area contributed by atoms with Gasteiger partial charge < -0.3 is 4.74 Å². The van der Waals surface area contributed by atoms with Crippen LogP contribution in [0.15, 0.2) is 42.0 Å². The van der Waals surface area contributed by atoms with Crippen molar-refractivity contribution in [3.05, 3.63) is 42.0 Å². The molecule has 0 saturated heterocycles. The average Bonchev–Trinajstić information content (AvgIpc) is 3.29. The monoisotopic (exact) mass is 564 g/mol. The second-order valence-electron chi connectivity index (χ2n) is 14.9. The molecule has 5 rings (SSSR count). The van der Waals surface area contributed by atoms with Gasteiger partial charge in [0.25, 0.3) is 0 Å². The zero-order valence-electron chi connectivity index (χ0n) is 26.3. The smallest absolute Gasteiger partial charge is 0.229 e. The van der Waals surface area contributed by atoms with E-state index in [1.54, 1.807) is 17.3 Å². The molecule has 40 heavy (non-hydrogen) atoms. The van der Waals surface area contributed by atoms with Gasteiger partial charge in [0, 0.05) is 5.25 Å². The van der Waals surface area contributed by atoms with Gasteiger partial charge in [-0.2, -0.15) is 0 Å². The van der Waals surface area contributed by atoms with Crippen molar-refractivity contribution < 1.29 is 9.53 Å². The minimum absolute atomic E-state index is 0.210. The lowest BCUT2D eigenvalue weighted by Gasteiger charge is -2.58. The second-order valence-corrected chi connectivity index (χ2v) is 16.2. The first-order valence-corrected chi connectivity index (χ1v) is 17.6. The van der Waals surface area contributed by atoms with Crippen molar-refractivity contribution in [2.75, 3.05) is 0 Å². The number of thioether (sulfide) groups is 1. The first-order valence-electron chi connectivity index (χ1n) is 16.8. The highest BCUT2D eigenvalue weighted by molar-refractivity contribution is 8.14. The fraction of sp³-hybridized carbons (Fsp3) is 0.757. The van der Waals surface area contributed by atoms with Crippen LogP contribution in [0.5, 0.6) is 5.75 Å². The summed E-state index contributed by atoms with van der Waals surface area (Å²) in [6.45, 7) is 14.7. The molecule has 2 nitrogen and oxygen atoms in total. The number of para-hydroxylation sites is 1. The Kier molecular flexibility index (Phi) is 9.50. The molecule has 1 aromatic rings. The zero-order valence-corrected chi connectivity index (χ0v) is 27.1. The van der Waals surface area contributed by atoms with Crippen LogP contribution in [0.25, 0.3) is 0 Å². The third-order valence-electron chi connectivity index (χ3n) is 12.2. The summed E-state index contributed by atoms with van der Waals surface area (Å²) in [5.74, 6) is 6.05. The van der Waals surface area contributed by atoms with Gasteiger partial charge in [-0.3, -0.25) is 4.79 Å². The van der Waals surface area contributed by atoms with Crippen LogP contribution < -0.4 is 4.74 Å². The van der Waals surface area contributed by atoms with Gasteiger partial charge in [-0.15, -0.1) is 0 Å². The van der Waals surface area contributed by atoms with Crippen LogP contribution in [0.3, 0.4) is 0 Å². The van der Waals surface area contributed by atoms with Crippen molar-refractivity contribution >= 4 is 16.9 Å². The summed E-state index contributed by atoms with van der Waals surface area (Å²) >= 11 is 1.58. The van der Waals surface area contributed by atoms with E-state index in [0.29, 0.717) is 16.1 Å². The van der Waals surface area contributed by atoms with Crippen molar-refractivity contribution in [1.29, 1.82) is 0 Å². The van der Waals surface area contributed by atoms with Crippen molar-refractivity contribution in [3.8, 4) is 5.75 Å². The lowest BCUT2D eigenvalue weighted by atomic mass is 9.47. The predicted octanol–water partition coefficient (Wildman–Crippen LogP) is 10.5. The first-order chi connectivity index (χ1) is 19.2. The van der Waals surface area contributed by atoms with Crippen LogP contribution >= 0.6 is 11.8 Å². The van der Waals surface area contributed by atoms with E-state index in [0.717, 1.165) is 60.5 Å². The molecular formula is C37H56O2S. The van der Waals surface area contributed by atoms with Crippen LogP contribution in [0, 0.1) is 46.3 Å². The Bertz CT molecular complexity index is 1030. The quantitative estimate of drug-likeness (QED) is 0.264. The van der Waals surface area contributed by atoms with Gasteiger partial charge in [0.05, 0.1) is 0 Å². The molecule has 0 heterocycles. The normalized spacial score (nSPS) is 36.7. The number of carbonyl (C=O) groups excluding carboxylic acids is 1. The lowest BCUT2D eigenvalue weighted by Crippen LogP contribution is -2.50. The Morgan fingerprint density at radius 3 is 2.50 bits per heavy atom. The van der Waals surface area contributed by atoms with Gasteiger partial charge >= 0.3 is 0 Å². The Labute approximate surface area is 249 Å². The summed E-state index contributed by atoms with van der Waals surface area (Å²) < 4.78 is 6.09. The minimum Gasteiger partial charge on any atom is -0.482 e. The molecule has 3 heteroatoms. The minimum atomic E-state index is -0.357. The molecule has 1 aromatic carbocycles. The molecule has 3 fully saturated rings. The van der Waals surface area contributed by atoms with Crippen LogP contribution in [0.2, 0.25) is 0 Å². The number of ether oxygens (including phenoxy) is 1. The molecular weight excluding hydrogens is 508 g/mol. The zero-order chi connectivity index (χ0) is 28.5. The van der Waals surface area contributed by atoms with E-state index in [9.17, 15) is 4.79 Å². The molecule has 0 radical (unpaired) electrons. The molecule has 4 aliphatic carbocycles. The van der Waals surface area contributed by atoms with E-state index in [-0.39, 0.29) is 11.2 Å². The molecule has 9 atom stereocenters. The third-order valence-corrected chi connectivity index (χ3v) is 13.4. The Hall–Kier alpha value is -1.22. The summed E-state index contributed by atoms with van der Waals surface area (Å²) in [6.07, 6.45) is 17.8. The summed E-state index contributed by atoms with van der Waals surface area (Å²) in [6, 6.07) is 9.83. The van der Waals surface area contributed by atoms with Crippen LogP contribution in [-0.4, -0.2) is 16.5 Å². The topological polar surface area (TPSA) is 26.3 Å². The van der Waals surface area contributed by atoms with Gasteiger partial charge in [-0.05, 0) is 116 Å². The maximum atomic E-state index is 13.3. The fourth-order valence-electron chi connectivity index (χ4n) is 9.95. The summed E-state index contributed by atoms with van der Waals surface area (Å²) in [4.78, 5) is 13.3. The number of fused-ring (bicyclic) bond motifs is 5. The number of benzene rings is 1. The number of carbonyl (C=O) groups is 1. The fourth-order valence-corrected chi connectivity index (χ4v) is 11.1. The van der Waals surface area contributed by atoms with Crippen LogP contribution in [-0.2, 0) is 4.79 Å². The Morgan fingerprint density at radius 2 is 1.77 bits per heavy atom. The molecule has 0 unspecified atom stereocenters. The SMILES string of the molecule is CC[C@H](Oc1ccccc1)C(=O)S[C@H]1CC[C@@]2(C)C(=CC[C@H]3[C@@H]4CC[C@@H]([C@H](C)CCCC(C)C)[C@@]4(C)CC[C@@H]32)C1. The summed E-state index contributed by atoms with van der Waals surface area (Å²) in [5.41, 5.74) is 2.58. The molecule has 0 amide bonds. The lowest BCUT2D eigenvalue weighted by molar-refractivity contribution is -0.117. The van der Waals surface area contributed by atoms with Gasteiger partial charge in [0.1, 0.15) is 5.75 Å². The van der Waals surface area contributed by atoms with E-state index >= 15 is 0 Å². The molecule has 222 valence electrons. The Morgan fingerprint density at radius 1 is 1.00 bits per heavy atom. The largest absolute Gasteiger partial charge is 0.482 e. The molecule has 0 aliphatic heterocycles. The van der Waals surface area contributed by atoms with E-state index in [1.807, 2.05) is 30.3 Å². The predicted molar refractivity (Wildman–Crippen MR) is 171 cm³/mol. The van der Waals surface area contributed by atoms with Crippen LogP contribution in [0.1, 0.15) is 119 Å². The first kappa shape index (κ1) is 30.2. The van der Waals surface area contributed by atoms with E-state index in [4.69, 9.17) is 4.74 Å². The maximum Gasteiger partial charge on any atom is 0.229 e. The third kappa shape index (κ3) is 5.97. The highest BCUT2D eigenvalue weighted by Crippen LogP contribution is 2.67. The molecule has 0 aromatic heterocycles. The standard InChI is InChI=1S/C37H56O2S/c1-7-34(39-28-14-9-8-10-15-28)35(38)40-29-20-22-36(5)27(24-29)16-17-30-32-19-18-31(26(4)13-11-12-25(2)3)37(32,6)23-21-33(30)36/h8-10,14-16,25-26,29-34H,7,11-13,17-24H2,1-6H3/t26-,29+,30+,31+,32+,33+,34+,36+,37-/m1/s1. The maximum absolute atomic E-state index is 13.3. The number of hydrogen-bond acceptors (Lipinski definition) is 3. The van der Waals surface area contributed by atoms with Crippen molar-refractivity contribution in [1.82, 2.24) is 0 Å². The van der Waals surface area contributed by atoms with Crippen molar-refractivity contribution in [2.24, 2.45) is 46.3 Å². The molecule has 4 aliphatic rings. The molecule has 0 spiro atoms. The van der Waals surface area contributed by atoms with Gasteiger partial charge in [0.15, 0.2) is 6.10 Å².